The van der Waals surface area contributed by atoms with Crippen LogP contribution in [-0.4, -0.2) is 41.7 Å². The Morgan fingerprint density at radius 2 is 1.92 bits per heavy atom. The van der Waals surface area contributed by atoms with Gasteiger partial charge in [-0.3, -0.25) is 4.79 Å². The Hall–Kier alpha value is -1.67. The van der Waals surface area contributed by atoms with E-state index in [2.05, 4.69) is 20.6 Å². The maximum absolute atomic E-state index is 12.1. The van der Waals surface area contributed by atoms with Crippen LogP contribution in [0.25, 0.3) is 0 Å². The Kier molecular flexibility index (Phi) is 7.19. The van der Waals surface area contributed by atoms with Gasteiger partial charge in [0.2, 0.25) is 0 Å². The van der Waals surface area contributed by atoms with Gasteiger partial charge in [-0.25, -0.2) is 9.97 Å². The van der Waals surface area contributed by atoms with Crippen molar-refractivity contribution in [2.75, 3.05) is 25.0 Å². The maximum atomic E-state index is 12.1. The molecule has 0 aliphatic carbocycles. The third-order valence-corrected chi connectivity index (χ3v) is 4.39. The van der Waals surface area contributed by atoms with E-state index in [1.54, 1.807) is 0 Å². The van der Waals surface area contributed by atoms with E-state index < -0.39 is 6.10 Å². The standard InChI is InChI=1S/C17H20N4O2S.ClH/c1-11-9-12(2)20-17(19-11)24-14-5-3-13(4-6-14)21-16(22)15-10-18-7-8-23-15;/h3-6,9,15,18H,7-8,10H2,1-2H3,(H,21,22);1H. The predicted molar refractivity (Wildman–Crippen MR) is 101 cm³/mol. The number of hydrogen-bond acceptors (Lipinski definition) is 6. The molecule has 1 aliphatic heterocycles. The molecule has 1 saturated heterocycles. The van der Waals surface area contributed by atoms with Crippen molar-refractivity contribution in [1.29, 1.82) is 0 Å². The third-order valence-electron chi connectivity index (χ3n) is 3.51. The lowest BCUT2D eigenvalue weighted by atomic mass is 10.2. The number of halogens is 1. The van der Waals surface area contributed by atoms with Crippen molar-refractivity contribution in [3.05, 3.63) is 41.7 Å². The molecule has 0 bridgehead atoms. The van der Waals surface area contributed by atoms with E-state index in [1.165, 1.54) is 11.8 Å². The molecule has 0 saturated carbocycles. The first-order valence-corrected chi connectivity index (χ1v) is 8.65. The second-order valence-corrected chi connectivity index (χ2v) is 6.65. The number of carbonyl (C=O) groups is 1. The maximum Gasteiger partial charge on any atom is 0.254 e. The van der Waals surface area contributed by atoms with Gasteiger partial charge in [-0.1, -0.05) is 0 Å². The summed E-state index contributed by atoms with van der Waals surface area (Å²) in [6.45, 7) is 5.81. The molecule has 1 amide bonds. The Morgan fingerprint density at radius 1 is 1.24 bits per heavy atom. The van der Waals surface area contributed by atoms with Gasteiger partial charge in [0, 0.05) is 35.1 Å². The van der Waals surface area contributed by atoms with E-state index in [4.69, 9.17) is 4.74 Å². The molecule has 2 N–H and O–H groups in total. The van der Waals surface area contributed by atoms with E-state index in [9.17, 15) is 4.79 Å². The van der Waals surface area contributed by atoms with Crippen LogP contribution in [0.4, 0.5) is 5.69 Å². The lowest BCUT2D eigenvalue weighted by Gasteiger charge is -2.22. The Balaban J connectivity index is 0.00000225. The Morgan fingerprint density at radius 3 is 2.52 bits per heavy atom. The largest absolute Gasteiger partial charge is 0.366 e. The van der Waals surface area contributed by atoms with Crippen molar-refractivity contribution < 1.29 is 9.53 Å². The van der Waals surface area contributed by atoms with Gasteiger partial charge in [0.15, 0.2) is 5.16 Å². The number of nitrogens with zero attached hydrogens (tertiary/aromatic N) is 2. The molecule has 1 fully saturated rings. The average molecular weight is 381 g/mol. The zero-order valence-electron chi connectivity index (χ0n) is 14.1. The molecule has 3 rings (SSSR count). The molecule has 8 heteroatoms. The first-order valence-electron chi connectivity index (χ1n) is 7.83. The third kappa shape index (κ3) is 5.67. The summed E-state index contributed by atoms with van der Waals surface area (Å²) in [4.78, 5) is 22.0. The van der Waals surface area contributed by atoms with Crippen molar-refractivity contribution in [3.63, 3.8) is 0 Å². The van der Waals surface area contributed by atoms with E-state index in [0.717, 1.165) is 33.7 Å². The quantitative estimate of drug-likeness (QED) is 0.794. The van der Waals surface area contributed by atoms with Crippen LogP contribution >= 0.6 is 24.2 Å². The number of amides is 1. The summed E-state index contributed by atoms with van der Waals surface area (Å²) in [6, 6.07) is 9.59. The van der Waals surface area contributed by atoms with Crippen LogP contribution in [0.2, 0.25) is 0 Å². The summed E-state index contributed by atoms with van der Waals surface area (Å²) in [5, 5.41) is 6.75. The summed E-state index contributed by atoms with van der Waals surface area (Å²) >= 11 is 1.50. The molecule has 1 aromatic carbocycles. The number of nitrogens with one attached hydrogen (secondary N) is 2. The predicted octanol–water partition coefficient (Wildman–Crippen LogP) is 2.59. The molecule has 1 aromatic heterocycles. The molecule has 0 spiro atoms. The number of aromatic nitrogens is 2. The molecule has 134 valence electrons. The van der Waals surface area contributed by atoms with E-state index in [-0.39, 0.29) is 18.3 Å². The highest BCUT2D eigenvalue weighted by molar-refractivity contribution is 7.99. The SMILES string of the molecule is Cc1cc(C)nc(Sc2ccc(NC(=O)C3CNCCO3)cc2)n1.Cl. The smallest absolute Gasteiger partial charge is 0.254 e. The minimum Gasteiger partial charge on any atom is -0.366 e. The van der Waals surface area contributed by atoms with Gasteiger partial charge in [0.25, 0.3) is 5.91 Å². The van der Waals surface area contributed by atoms with Gasteiger partial charge in [0.05, 0.1) is 6.61 Å². The summed E-state index contributed by atoms with van der Waals surface area (Å²) in [5.74, 6) is -0.125. The van der Waals surface area contributed by atoms with Crippen LogP contribution in [0.1, 0.15) is 11.4 Å². The van der Waals surface area contributed by atoms with Crippen LogP contribution in [0, 0.1) is 13.8 Å². The summed E-state index contributed by atoms with van der Waals surface area (Å²) in [5.41, 5.74) is 2.66. The summed E-state index contributed by atoms with van der Waals surface area (Å²) < 4.78 is 5.44. The molecule has 25 heavy (non-hydrogen) atoms. The molecule has 6 nitrogen and oxygen atoms in total. The normalized spacial score (nSPS) is 16.8. The van der Waals surface area contributed by atoms with Gasteiger partial charge in [-0.2, -0.15) is 0 Å². The van der Waals surface area contributed by atoms with Gasteiger partial charge in [0.1, 0.15) is 6.10 Å². The zero-order chi connectivity index (χ0) is 16.9. The fraction of sp³-hybridized carbons (Fsp3) is 0.353. The van der Waals surface area contributed by atoms with Crippen LogP contribution in [-0.2, 0) is 9.53 Å². The highest BCUT2D eigenvalue weighted by atomic mass is 35.5. The lowest BCUT2D eigenvalue weighted by Crippen LogP contribution is -2.45. The van der Waals surface area contributed by atoms with Gasteiger partial charge in [-0.15, -0.1) is 12.4 Å². The van der Waals surface area contributed by atoms with Crippen molar-refractivity contribution in [2.45, 2.75) is 30.0 Å². The molecular weight excluding hydrogens is 360 g/mol. The van der Waals surface area contributed by atoms with E-state index >= 15 is 0 Å². The van der Waals surface area contributed by atoms with Crippen molar-refractivity contribution in [1.82, 2.24) is 15.3 Å². The average Bonchev–Trinajstić information content (AvgIpc) is 2.56. The first-order chi connectivity index (χ1) is 11.6. The number of carbonyl (C=O) groups excluding carboxylic acids is 1. The molecule has 2 heterocycles. The van der Waals surface area contributed by atoms with Gasteiger partial charge < -0.3 is 15.4 Å². The van der Waals surface area contributed by atoms with Crippen molar-refractivity contribution in [2.24, 2.45) is 0 Å². The van der Waals surface area contributed by atoms with Crippen LogP contribution in [0.15, 0.2) is 40.4 Å². The fourth-order valence-electron chi connectivity index (χ4n) is 2.41. The van der Waals surface area contributed by atoms with Crippen molar-refractivity contribution in [3.8, 4) is 0 Å². The summed E-state index contributed by atoms with van der Waals surface area (Å²) in [6.07, 6.45) is -0.434. The molecule has 0 radical (unpaired) electrons. The van der Waals surface area contributed by atoms with Crippen LogP contribution in [0.5, 0.6) is 0 Å². The van der Waals surface area contributed by atoms with E-state index in [0.29, 0.717) is 13.2 Å². The number of aryl methyl sites for hydroxylation is 2. The monoisotopic (exact) mass is 380 g/mol. The van der Waals surface area contributed by atoms with Crippen molar-refractivity contribution >= 4 is 35.8 Å². The lowest BCUT2D eigenvalue weighted by molar-refractivity contribution is -0.128. The number of ether oxygens (including phenoxy) is 1. The molecule has 1 unspecified atom stereocenters. The van der Waals surface area contributed by atoms with Gasteiger partial charge >= 0.3 is 0 Å². The first kappa shape index (κ1) is 19.7. The van der Waals surface area contributed by atoms with Gasteiger partial charge in [-0.05, 0) is 55.9 Å². The molecular formula is C17H21ClN4O2S. The fourth-order valence-corrected chi connectivity index (χ4v) is 3.27. The van der Waals surface area contributed by atoms with Crippen LogP contribution in [0.3, 0.4) is 0 Å². The number of hydrogen-bond donors (Lipinski definition) is 2. The minimum atomic E-state index is -0.434. The second kappa shape index (κ2) is 9.15. The number of morpholine rings is 1. The Bertz CT molecular complexity index is 701. The zero-order valence-corrected chi connectivity index (χ0v) is 15.7. The summed E-state index contributed by atoms with van der Waals surface area (Å²) in [7, 11) is 0. The molecule has 2 aromatic rings. The second-order valence-electron chi connectivity index (χ2n) is 5.61. The van der Waals surface area contributed by atoms with E-state index in [1.807, 2.05) is 44.2 Å². The number of anilines is 1. The highest BCUT2D eigenvalue weighted by Gasteiger charge is 2.21. The Labute approximate surface area is 157 Å². The molecule has 1 aliphatic rings. The number of rotatable bonds is 4. The van der Waals surface area contributed by atoms with Crippen LogP contribution < -0.4 is 10.6 Å². The topological polar surface area (TPSA) is 76.1 Å². The highest BCUT2D eigenvalue weighted by Crippen LogP contribution is 2.26. The number of benzene rings is 1. The molecule has 1 atom stereocenters. The minimum absolute atomic E-state index is 0.